The van der Waals surface area contributed by atoms with Gasteiger partial charge in [0.1, 0.15) is 0 Å². The summed E-state index contributed by atoms with van der Waals surface area (Å²) < 4.78 is 18.5. The molecule has 24 heavy (non-hydrogen) atoms. The Morgan fingerprint density at radius 3 is 1.67 bits per heavy atom. The van der Waals surface area contributed by atoms with Crippen molar-refractivity contribution >= 4 is 31.7 Å². The average Bonchev–Trinajstić information content (AvgIpc) is 3.28. The first kappa shape index (κ1) is 16.6. The molecule has 5 nitrogen and oxygen atoms in total. The Labute approximate surface area is 141 Å². The Morgan fingerprint density at radius 2 is 1.38 bits per heavy atom. The van der Waals surface area contributed by atoms with E-state index < -0.39 is 18.9 Å². The number of hydrogen-bond acceptors (Lipinski definition) is 5. The van der Waals surface area contributed by atoms with Crippen LogP contribution in [-0.4, -0.2) is 28.6 Å². The summed E-state index contributed by atoms with van der Waals surface area (Å²) in [5.74, 6) is 0. The summed E-state index contributed by atoms with van der Waals surface area (Å²) in [7, 11) is 0. The first-order valence-electron chi connectivity index (χ1n) is 7.52. The van der Waals surface area contributed by atoms with Gasteiger partial charge in [-0.1, -0.05) is 0 Å². The molecule has 0 amide bonds. The second kappa shape index (κ2) is 6.33. The van der Waals surface area contributed by atoms with Crippen LogP contribution in [0.15, 0.2) is 80.6 Å². The number of rotatable bonds is 6. The number of carbonyl (C=O) groups is 1. The molecule has 124 valence electrons. The first-order chi connectivity index (χ1) is 11.4. The van der Waals surface area contributed by atoms with Crippen LogP contribution in [-0.2, 0) is 4.79 Å². The zero-order chi connectivity index (χ0) is 17.2. The van der Waals surface area contributed by atoms with Crippen molar-refractivity contribution in [3.05, 3.63) is 67.3 Å². The van der Waals surface area contributed by atoms with Crippen LogP contribution in [0.3, 0.4) is 0 Å². The minimum absolute atomic E-state index is 0.156. The summed E-state index contributed by atoms with van der Waals surface area (Å²) in [4.78, 5) is 13.3. The standard InChI is InChI=1S/C18H18GeO5/c1-18(2,21)10-9-14(20)19(15-6-3-11-22-15,16-7-4-12-23-16)17-8-5-13-24-17/h3-13,21H,1-2H3/b10-9+. The molecule has 0 fully saturated rings. The third kappa shape index (κ3) is 2.92. The third-order valence-corrected chi connectivity index (χ3v) is 12.0. The van der Waals surface area contributed by atoms with Crippen LogP contribution in [0.25, 0.3) is 0 Å². The molecule has 0 aliphatic carbocycles. The average molecular weight is 387 g/mol. The zero-order valence-electron chi connectivity index (χ0n) is 13.4. The van der Waals surface area contributed by atoms with Crippen molar-refractivity contribution in [2.75, 3.05) is 0 Å². The topological polar surface area (TPSA) is 76.7 Å². The molecule has 3 aromatic heterocycles. The summed E-state index contributed by atoms with van der Waals surface area (Å²) in [5, 5.41) is 9.94. The van der Waals surface area contributed by atoms with Crippen molar-refractivity contribution in [3.63, 3.8) is 0 Å². The van der Waals surface area contributed by atoms with Crippen molar-refractivity contribution in [1.29, 1.82) is 0 Å². The van der Waals surface area contributed by atoms with Crippen LogP contribution in [0.5, 0.6) is 0 Å². The van der Waals surface area contributed by atoms with Gasteiger partial charge in [-0.15, -0.1) is 0 Å². The van der Waals surface area contributed by atoms with Gasteiger partial charge in [-0.3, -0.25) is 0 Å². The van der Waals surface area contributed by atoms with E-state index in [0.29, 0.717) is 13.8 Å². The molecule has 0 saturated heterocycles. The van der Waals surface area contributed by atoms with Gasteiger partial charge in [0.15, 0.2) is 0 Å². The fraction of sp³-hybridized carbons (Fsp3) is 0.167. The fourth-order valence-corrected chi connectivity index (χ4v) is 10.1. The second-order valence-corrected chi connectivity index (χ2v) is 13.3. The van der Waals surface area contributed by atoms with E-state index >= 15 is 0 Å². The van der Waals surface area contributed by atoms with Crippen molar-refractivity contribution in [1.82, 2.24) is 0 Å². The van der Waals surface area contributed by atoms with Gasteiger partial charge in [0.25, 0.3) is 0 Å². The zero-order valence-corrected chi connectivity index (χ0v) is 15.5. The maximum atomic E-state index is 13.3. The van der Waals surface area contributed by atoms with Gasteiger partial charge in [0, 0.05) is 0 Å². The van der Waals surface area contributed by atoms with E-state index in [0.717, 1.165) is 0 Å². The molecule has 0 spiro atoms. The number of hydrogen-bond donors (Lipinski definition) is 1. The van der Waals surface area contributed by atoms with Crippen LogP contribution in [0.4, 0.5) is 0 Å². The van der Waals surface area contributed by atoms with Gasteiger partial charge in [-0.2, -0.15) is 0 Å². The molecule has 0 saturated carbocycles. The number of allylic oxidation sites excluding steroid dienone is 1. The van der Waals surface area contributed by atoms with Gasteiger partial charge in [-0.25, -0.2) is 0 Å². The molecule has 3 heterocycles. The fourth-order valence-electron chi connectivity index (χ4n) is 2.61. The predicted octanol–water partition coefficient (Wildman–Crippen LogP) is 1.37. The molecule has 0 aliphatic rings. The van der Waals surface area contributed by atoms with Gasteiger partial charge in [-0.05, 0) is 0 Å². The summed E-state index contributed by atoms with van der Waals surface area (Å²) in [6.45, 7) is 3.22. The SMILES string of the molecule is CC(C)(O)/C=C/[C](=O)[Ge]([c]1ccco1)([c]1ccco1)[c]1ccco1. The quantitative estimate of drug-likeness (QED) is 0.511. The van der Waals surface area contributed by atoms with Crippen LogP contribution < -0.4 is 13.8 Å². The third-order valence-electron chi connectivity index (χ3n) is 3.68. The summed E-state index contributed by atoms with van der Waals surface area (Å²) >= 11 is -3.98. The summed E-state index contributed by atoms with van der Waals surface area (Å²) in [6, 6.07) is 10.6. The molecule has 0 radical (unpaired) electrons. The number of aliphatic hydroxyl groups is 1. The molecule has 0 aliphatic heterocycles. The second-order valence-electron chi connectivity index (χ2n) is 6.03. The molecule has 3 rings (SSSR count). The van der Waals surface area contributed by atoms with Gasteiger partial charge in [0.05, 0.1) is 0 Å². The number of furan rings is 3. The molecule has 0 unspecified atom stereocenters. The van der Waals surface area contributed by atoms with Crippen molar-refractivity contribution in [2.24, 2.45) is 0 Å². The van der Waals surface area contributed by atoms with E-state index in [9.17, 15) is 9.90 Å². The summed E-state index contributed by atoms with van der Waals surface area (Å²) in [6.07, 6.45) is 7.49. The molecular weight excluding hydrogens is 369 g/mol. The molecule has 6 heteroatoms. The van der Waals surface area contributed by atoms with Crippen LogP contribution >= 0.6 is 0 Å². The molecule has 1 N–H and O–H groups in total. The molecule has 0 aromatic carbocycles. The van der Waals surface area contributed by atoms with Crippen LogP contribution in [0, 0.1) is 0 Å². The Bertz CT molecular complexity index is 721. The van der Waals surface area contributed by atoms with Crippen LogP contribution in [0.1, 0.15) is 13.8 Å². The van der Waals surface area contributed by atoms with Crippen LogP contribution in [0.2, 0.25) is 0 Å². The Hall–Kier alpha value is -2.25. The maximum absolute atomic E-state index is 13.3. The first-order valence-corrected chi connectivity index (χ1v) is 11.7. The predicted molar refractivity (Wildman–Crippen MR) is 91.2 cm³/mol. The molecular formula is C18H18GeO5. The Kier molecular flexibility index (Phi) is 4.38. The van der Waals surface area contributed by atoms with Gasteiger partial charge in [0.2, 0.25) is 0 Å². The molecule has 0 bridgehead atoms. The van der Waals surface area contributed by atoms with Gasteiger partial charge < -0.3 is 0 Å². The van der Waals surface area contributed by atoms with Crippen molar-refractivity contribution < 1.29 is 23.2 Å². The molecule has 0 atom stereocenters. The minimum atomic E-state index is -3.98. The normalized spacial score (nSPS) is 12.8. The Balaban J connectivity index is 2.24. The van der Waals surface area contributed by atoms with E-state index in [4.69, 9.17) is 13.3 Å². The van der Waals surface area contributed by atoms with E-state index in [-0.39, 0.29) is 4.62 Å². The van der Waals surface area contributed by atoms with E-state index in [1.165, 1.54) is 30.9 Å². The molecule has 3 aromatic rings. The van der Waals surface area contributed by atoms with Crippen molar-refractivity contribution in [3.8, 4) is 0 Å². The van der Waals surface area contributed by atoms with Gasteiger partial charge >= 0.3 is 142 Å². The Morgan fingerprint density at radius 1 is 0.958 bits per heavy atom. The van der Waals surface area contributed by atoms with E-state index in [2.05, 4.69) is 0 Å². The van der Waals surface area contributed by atoms with E-state index in [1.54, 1.807) is 50.2 Å². The monoisotopic (exact) mass is 388 g/mol. The number of carbonyl (C=O) groups excluding carboxylic acids is 1. The summed E-state index contributed by atoms with van der Waals surface area (Å²) in [5.41, 5.74) is -1.10. The van der Waals surface area contributed by atoms with E-state index in [1.807, 2.05) is 0 Å². The van der Waals surface area contributed by atoms with Crippen molar-refractivity contribution in [2.45, 2.75) is 19.4 Å².